The Kier molecular flexibility index (Phi) is 4.65. The number of piperidine rings is 1. The van der Waals surface area contributed by atoms with Crippen molar-refractivity contribution >= 4 is 34.9 Å². The number of nitrogens with zero attached hydrogens (tertiary/aromatic N) is 1. The van der Waals surface area contributed by atoms with Gasteiger partial charge in [0.25, 0.3) is 5.91 Å². The van der Waals surface area contributed by atoms with Crippen molar-refractivity contribution < 1.29 is 9.18 Å². The molecular weight excluding hydrogens is 295 g/mol. The Balaban J connectivity index is 2.07. The van der Waals surface area contributed by atoms with Crippen LogP contribution in [-0.2, 0) is 0 Å². The predicted molar refractivity (Wildman–Crippen MR) is 84.6 cm³/mol. The van der Waals surface area contributed by atoms with Crippen LogP contribution in [0, 0.1) is 5.82 Å². The summed E-state index contributed by atoms with van der Waals surface area (Å²) in [5.74, 6) is -0.531. The summed E-state index contributed by atoms with van der Waals surface area (Å²) in [7, 11) is 0. The van der Waals surface area contributed by atoms with E-state index < -0.39 is 5.82 Å². The van der Waals surface area contributed by atoms with Crippen LogP contribution in [-0.4, -0.2) is 39.9 Å². The largest absolute Gasteiger partial charge is 0.392 e. The second-order valence-electron chi connectivity index (χ2n) is 4.87. The fraction of sp³-hybridized carbons (Fsp3) is 0.429. The molecule has 3 nitrogen and oxygen atoms in total. The number of nitrogens with two attached hydrogens (primary N) is 1. The zero-order valence-corrected chi connectivity index (χ0v) is 12.9. The molecule has 0 saturated carbocycles. The monoisotopic (exact) mass is 312 g/mol. The lowest BCUT2D eigenvalue weighted by Crippen LogP contribution is -2.50. The Bertz CT molecular complexity index is 528. The van der Waals surface area contributed by atoms with Crippen LogP contribution in [0.1, 0.15) is 23.2 Å². The van der Waals surface area contributed by atoms with Crippen molar-refractivity contribution in [2.24, 2.45) is 5.73 Å². The Morgan fingerprint density at radius 2 is 2.10 bits per heavy atom. The minimum Gasteiger partial charge on any atom is -0.392 e. The number of amides is 1. The van der Waals surface area contributed by atoms with Gasteiger partial charge in [0.2, 0.25) is 0 Å². The predicted octanol–water partition coefficient (Wildman–Crippen LogP) is 2.45. The molecule has 0 aromatic heterocycles. The summed E-state index contributed by atoms with van der Waals surface area (Å²) in [6.45, 7) is 1.18. The number of thioether (sulfide) groups is 1. The highest BCUT2D eigenvalue weighted by Crippen LogP contribution is 2.35. The van der Waals surface area contributed by atoms with Gasteiger partial charge in [-0.05, 0) is 37.3 Å². The van der Waals surface area contributed by atoms with E-state index in [-0.39, 0.29) is 10.7 Å². The van der Waals surface area contributed by atoms with E-state index in [0.29, 0.717) is 23.6 Å². The van der Waals surface area contributed by atoms with E-state index in [2.05, 4.69) is 0 Å². The van der Waals surface area contributed by atoms with E-state index in [9.17, 15) is 9.18 Å². The molecule has 1 aliphatic heterocycles. The van der Waals surface area contributed by atoms with E-state index in [0.717, 1.165) is 12.8 Å². The second-order valence-corrected chi connectivity index (χ2v) is 6.49. The number of halogens is 1. The summed E-state index contributed by atoms with van der Waals surface area (Å²) < 4.78 is 13.0. The number of benzene rings is 1. The average Bonchev–Trinajstić information content (AvgIpc) is 2.46. The third kappa shape index (κ3) is 2.96. The van der Waals surface area contributed by atoms with Crippen molar-refractivity contribution in [1.29, 1.82) is 0 Å². The minimum absolute atomic E-state index is 0.137. The van der Waals surface area contributed by atoms with E-state index >= 15 is 0 Å². The van der Waals surface area contributed by atoms with Gasteiger partial charge >= 0.3 is 0 Å². The van der Waals surface area contributed by atoms with Gasteiger partial charge in [0, 0.05) is 18.7 Å². The Morgan fingerprint density at radius 3 is 2.60 bits per heavy atom. The van der Waals surface area contributed by atoms with Gasteiger partial charge in [0.1, 0.15) is 5.82 Å². The van der Waals surface area contributed by atoms with Crippen LogP contribution in [0.2, 0.25) is 0 Å². The van der Waals surface area contributed by atoms with Crippen LogP contribution in [0.4, 0.5) is 4.39 Å². The molecule has 2 rings (SSSR count). The van der Waals surface area contributed by atoms with Gasteiger partial charge in [0.05, 0.1) is 9.74 Å². The summed E-state index contributed by atoms with van der Waals surface area (Å²) in [6, 6.07) is 5.79. The van der Waals surface area contributed by atoms with Crippen LogP contribution in [0.25, 0.3) is 0 Å². The van der Waals surface area contributed by atoms with E-state index in [4.69, 9.17) is 18.0 Å². The zero-order chi connectivity index (χ0) is 14.8. The van der Waals surface area contributed by atoms with Crippen LogP contribution in [0.3, 0.4) is 0 Å². The molecule has 0 radical (unpaired) electrons. The molecule has 0 atom stereocenters. The molecule has 0 spiro atoms. The normalized spacial score (nSPS) is 17.8. The van der Waals surface area contributed by atoms with Gasteiger partial charge in [-0.25, -0.2) is 4.39 Å². The van der Waals surface area contributed by atoms with Crippen LogP contribution in [0.5, 0.6) is 0 Å². The smallest absolute Gasteiger partial charge is 0.253 e. The highest BCUT2D eigenvalue weighted by molar-refractivity contribution is 8.02. The van der Waals surface area contributed by atoms with Crippen LogP contribution in [0.15, 0.2) is 24.3 Å². The fourth-order valence-corrected chi connectivity index (χ4v) is 3.67. The quantitative estimate of drug-likeness (QED) is 0.871. The van der Waals surface area contributed by atoms with E-state index in [1.165, 1.54) is 12.1 Å². The summed E-state index contributed by atoms with van der Waals surface area (Å²) in [6.07, 6.45) is 3.47. The maximum absolute atomic E-state index is 13.2. The first-order chi connectivity index (χ1) is 9.48. The maximum Gasteiger partial charge on any atom is 0.253 e. The number of rotatable bonds is 3. The molecular formula is C14H17FN2OS2. The van der Waals surface area contributed by atoms with Gasteiger partial charge in [-0.3, -0.25) is 4.79 Å². The second kappa shape index (κ2) is 6.10. The van der Waals surface area contributed by atoms with E-state index in [1.807, 2.05) is 6.26 Å². The van der Waals surface area contributed by atoms with Crippen molar-refractivity contribution in [3.63, 3.8) is 0 Å². The number of likely N-dealkylation sites (tertiary alicyclic amines) is 1. The molecule has 6 heteroatoms. The first-order valence-electron chi connectivity index (χ1n) is 6.38. The first-order valence-corrected chi connectivity index (χ1v) is 8.02. The van der Waals surface area contributed by atoms with Gasteiger partial charge < -0.3 is 10.6 Å². The molecule has 20 heavy (non-hydrogen) atoms. The molecule has 0 aliphatic carbocycles. The molecule has 1 amide bonds. The Labute approximate surface area is 127 Å². The van der Waals surface area contributed by atoms with Crippen molar-refractivity contribution in [1.82, 2.24) is 4.90 Å². The molecule has 1 fully saturated rings. The number of carbonyl (C=O) groups is 1. The third-order valence-corrected chi connectivity index (χ3v) is 5.70. The van der Waals surface area contributed by atoms with Gasteiger partial charge in [-0.15, -0.1) is 0 Å². The summed E-state index contributed by atoms with van der Waals surface area (Å²) in [4.78, 5) is 14.5. The Morgan fingerprint density at radius 1 is 1.45 bits per heavy atom. The van der Waals surface area contributed by atoms with Gasteiger partial charge in [-0.1, -0.05) is 18.3 Å². The number of hydrogen-bond donors (Lipinski definition) is 1. The number of hydrogen-bond acceptors (Lipinski definition) is 3. The lowest BCUT2D eigenvalue weighted by Gasteiger charge is -2.40. The third-order valence-electron chi connectivity index (χ3n) is 3.77. The summed E-state index contributed by atoms with van der Waals surface area (Å²) in [5, 5.41) is 0. The molecule has 0 unspecified atom stereocenters. The molecule has 1 aromatic rings. The molecule has 0 bridgehead atoms. The zero-order valence-electron chi connectivity index (χ0n) is 11.3. The fourth-order valence-electron chi connectivity index (χ4n) is 2.43. The van der Waals surface area contributed by atoms with Crippen molar-refractivity contribution in [2.75, 3.05) is 19.3 Å². The van der Waals surface area contributed by atoms with Crippen molar-refractivity contribution in [3.8, 4) is 0 Å². The topological polar surface area (TPSA) is 46.3 Å². The highest BCUT2D eigenvalue weighted by Gasteiger charge is 2.37. The lowest BCUT2D eigenvalue weighted by atomic mass is 9.95. The highest BCUT2D eigenvalue weighted by atomic mass is 32.2. The summed E-state index contributed by atoms with van der Waals surface area (Å²) >= 11 is 6.79. The minimum atomic E-state index is -0.394. The number of carbonyl (C=O) groups excluding carboxylic acids is 1. The van der Waals surface area contributed by atoms with Crippen LogP contribution >= 0.6 is 24.0 Å². The number of thiocarbonyl (C=S) groups is 1. The van der Waals surface area contributed by atoms with Crippen LogP contribution < -0.4 is 5.73 Å². The molecule has 1 aromatic carbocycles. The lowest BCUT2D eigenvalue weighted by molar-refractivity contribution is 0.0718. The molecule has 2 N–H and O–H groups in total. The van der Waals surface area contributed by atoms with Gasteiger partial charge in [-0.2, -0.15) is 11.8 Å². The Hall–Kier alpha value is -1.14. The molecule has 108 valence electrons. The molecule has 1 saturated heterocycles. The van der Waals surface area contributed by atoms with Crippen molar-refractivity contribution in [2.45, 2.75) is 17.6 Å². The first kappa shape index (κ1) is 15.3. The van der Waals surface area contributed by atoms with Gasteiger partial charge in [0.15, 0.2) is 0 Å². The van der Waals surface area contributed by atoms with E-state index in [1.54, 1.807) is 28.8 Å². The van der Waals surface area contributed by atoms with Crippen molar-refractivity contribution in [3.05, 3.63) is 35.6 Å². The maximum atomic E-state index is 13.2. The summed E-state index contributed by atoms with van der Waals surface area (Å²) in [5.41, 5.74) is 6.21. The standard InChI is InChI=1S/C14H17FN2OS2/c1-20-14(13(16)19)5-7-17(8-6-14)12(18)10-3-2-4-11(15)9-10/h2-4,9H,5-8H2,1H3,(H2,16,19). The molecule has 1 aliphatic rings. The average molecular weight is 312 g/mol. The molecule has 1 heterocycles. The SMILES string of the molecule is CSC1(C(N)=S)CCN(C(=O)c2cccc(F)c2)CC1.